The number of unbranched alkanes of at least 4 members (excludes halogenated alkanes) is 3. The van der Waals surface area contributed by atoms with Crippen LogP contribution in [0.2, 0.25) is 0 Å². The Labute approximate surface area is 132 Å². The molecule has 2 aliphatic carbocycles. The average Bonchev–Trinajstić information content (AvgIpc) is 3.22. The normalized spacial score (nSPS) is 15.6. The van der Waals surface area contributed by atoms with Gasteiger partial charge in [0.25, 0.3) is 0 Å². The van der Waals surface area contributed by atoms with Gasteiger partial charge in [-0.2, -0.15) is 0 Å². The molecule has 118 valence electrons. The molecule has 0 spiro atoms. The maximum absolute atomic E-state index is 11.7. The van der Waals surface area contributed by atoms with Gasteiger partial charge in [-0.15, -0.1) is 0 Å². The standard InChI is InChI=1S/C18H24N2O2/c21-17(15-9-3-4-10-15)19-13-7-1-2-8-14-20-18(22)16-11-5-6-12-16/h3-6,9,11H,1-2,7-8,10,12-14H2,(H,19,21)(H,20,22). The van der Waals surface area contributed by atoms with E-state index in [4.69, 9.17) is 0 Å². The summed E-state index contributed by atoms with van der Waals surface area (Å²) in [4.78, 5) is 23.4. The van der Waals surface area contributed by atoms with E-state index in [2.05, 4.69) is 10.6 Å². The lowest BCUT2D eigenvalue weighted by Gasteiger charge is -2.07. The van der Waals surface area contributed by atoms with Crippen LogP contribution in [0.25, 0.3) is 0 Å². The monoisotopic (exact) mass is 300 g/mol. The minimum Gasteiger partial charge on any atom is -0.352 e. The number of hydrogen-bond acceptors (Lipinski definition) is 2. The molecule has 0 unspecified atom stereocenters. The first-order valence-corrected chi connectivity index (χ1v) is 8.05. The van der Waals surface area contributed by atoms with Crippen molar-refractivity contribution in [3.8, 4) is 0 Å². The number of hydrogen-bond donors (Lipinski definition) is 2. The maximum atomic E-state index is 11.7. The van der Waals surface area contributed by atoms with Crippen molar-refractivity contribution in [1.82, 2.24) is 10.6 Å². The van der Waals surface area contributed by atoms with Gasteiger partial charge < -0.3 is 10.6 Å². The first kappa shape index (κ1) is 16.3. The second-order valence-electron chi connectivity index (χ2n) is 5.57. The van der Waals surface area contributed by atoms with Crippen molar-refractivity contribution >= 4 is 11.8 Å². The van der Waals surface area contributed by atoms with Gasteiger partial charge in [-0.05, 0) is 25.7 Å². The Morgan fingerprint density at radius 3 is 1.59 bits per heavy atom. The number of rotatable bonds is 9. The number of nitrogens with one attached hydrogen (secondary N) is 2. The molecule has 0 heterocycles. The second kappa shape index (κ2) is 9.03. The molecular formula is C18H24N2O2. The summed E-state index contributed by atoms with van der Waals surface area (Å²) >= 11 is 0. The molecule has 2 rings (SSSR count). The summed E-state index contributed by atoms with van der Waals surface area (Å²) < 4.78 is 0. The Balaban J connectivity index is 1.41. The van der Waals surface area contributed by atoms with Crippen molar-refractivity contribution in [2.45, 2.75) is 38.5 Å². The van der Waals surface area contributed by atoms with Gasteiger partial charge in [0.05, 0.1) is 0 Å². The first-order valence-electron chi connectivity index (χ1n) is 8.05. The molecule has 22 heavy (non-hydrogen) atoms. The molecule has 2 N–H and O–H groups in total. The lowest BCUT2D eigenvalue weighted by molar-refractivity contribution is -0.118. The molecule has 0 saturated heterocycles. The molecule has 0 radical (unpaired) electrons. The zero-order valence-electron chi connectivity index (χ0n) is 12.9. The van der Waals surface area contributed by atoms with Gasteiger partial charge >= 0.3 is 0 Å². The van der Waals surface area contributed by atoms with Gasteiger partial charge in [0, 0.05) is 24.2 Å². The highest BCUT2D eigenvalue weighted by Crippen LogP contribution is 2.10. The Hall–Kier alpha value is -2.10. The average molecular weight is 300 g/mol. The predicted octanol–water partition coefficient (Wildman–Crippen LogP) is 2.55. The summed E-state index contributed by atoms with van der Waals surface area (Å²) in [6.45, 7) is 1.45. The molecule has 0 atom stereocenters. The maximum Gasteiger partial charge on any atom is 0.247 e. The summed E-state index contributed by atoms with van der Waals surface area (Å²) in [5.41, 5.74) is 1.69. The highest BCUT2D eigenvalue weighted by molar-refractivity contribution is 5.95. The van der Waals surface area contributed by atoms with Crippen LogP contribution < -0.4 is 10.6 Å². The van der Waals surface area contributed by atoms with Gasteiger partial charge in [-0.1, -0.05) is 49.3 Å². The van der Waals surface area contributed by atoms with Gasteiger partial charge in [-0.3, -0.25) is 9.59 Å². The van der Waals surface area contributed by atoms with Gasteiger partial charge in [-0.25, -0.2) is 0 Å². The minimum atomic E-state index is 0.0516. The fourth-order valence-electron chi connectivity index (χ4n) is 2.47. The minimum absolute atomic E-state index is 0.0516. The first-order chi connectivity index (χ1) is 10.8. The summed E-state index contributed by atoms with van der Waals surface area (Å²) in [5.74, 6) is 0.103. The van der Waals surface area contributed by atoms with E-state index >= 15 is 0 Å². The fraction of sp³-hybridized carbons (Fsp3) is 0.444. The van der Waals surface area contributed by atoms with Crippen molar-refractivity contribution in [1.29, 1.82) is 0 Å². The highest BCUT2D eigenvalue weighted by atomic mass is 16.2. The van der Waals surface area contributed by atoms with E-state index in [0.29, 0.717) is 0 Å². The molecule has 4 nitrogen and oxygen atoms in total. The van der Waals surface area contributed by atoms with E-state index < -0.39 is 0 Å². The van der Waals surface area contributed by atoms with Gasteiger partial charge in [0.2, 0.25) is 11.8 Å². The van der Waals surface area contributed by atoms with Crippen molar-refractivity contribution in [3.63, 3.8) is 0 Å². The molecule has 0 saturated carbocycles. The van der Waals surface area contributed by atoms with Gasteiger partial charge in [0.15, 0.2) is 0 Å². The Morgan fingerprint density at radius 1 is 0.773 bits per heavy atom. The van der Waals surface area contributed by atoms with Crippen LogP contribution in [0.1, 0.15) is 38.5 Å². The van der Waals surface area contributed by atoms with Crippen molar-refractivity contribution in [2.75, 3.05) is 13.1 Å². The van der Waals surface area contributed by atoms with E-state index in [0.717, 1.165) is 62.8 Å². The van der Waals surface area contributed by atoms with E-state index in [9.17, 15) is 9.59 Å². The van der Waals surface area contributed by atoms with Crippen LogP contribution >= 0.6 is 0 Å². The molecule has 0 aliphatic heterocycles. The third-order valence-corrected chi connectivity index (χ3v) is 3.80. The molecule has 2 amide bonds. The van der Waals surface area contributed by atoms with Crippen LogP contribution in [0.4, 0.5) is 0 Å². The van der Waals surface area contributed by atoms with E-state index in [-0.39, 0.29) is 11.8 Å². The van der Waals surface area contributed by atoms with Crippen LogP contribution in [0.3, 0.4) is 0 Å². The zero-order valence-corrected chi connectivity index (χ0v) is 12.9. The van der Waals surface area contributed by atoms with Crippen LogP contribution in [0, 0.1) is 0 Å². The Morgan fingerprint density at radius 2 is 1.23 bits per heavy atom. The lowest BCUT2D eigenvalue weighted by Crippen LogP contribution is -2.26. The molecule has 0 aromatic heterocycles. The van der Waals surface area contributed by atoms with Crippen LogP contribution in [-0.4, -0.2) is 24.9 Å². The number of amides is 2. The summed E-state index contributed by atoms with van der Waals surface area (Å²) in [6.07, 6.45) is 17.1. The zero-order chi connectivity index (χ0) is 15.6. The summed E-state index contributed by atoms with van der Waals surface area (Å²) in [5, 5.41) is 5.88. The van der Waals surface area contributed by atoms with Crippen molar-refractivity contribution in [3.05, 3.63) is 47.6 Å². The third kappa shape index (κ3) is 5.35. The number of carbonyl (C=O) groups is 2. The number of allylic oxidation sites excluding steroid dienone is 6. The second-order valence-corrected chi connectivity index (χ2v) is 5.57. The molecule has 0 bridgehead atoms. The predicted molar refractivity (Wildman–Crippen MR) is 88.2 cm³/mol. The summed E-state index contributed by atoms with van der Waals surface area (Å²) in [6, 6.07) is 0. The van der Waals surface area contributed by atoms with Crippen LogP contribution in [0.15, 0.2) is 47.6 Å². The molecule has 0 aromatic rings. The summed E-state index contributed by atoms with van der Waals surface area (Å²) in [7, 11) is 0. The van der Waals surface area contributed by atoms with Crippen LogP contribution in [0.5, 0.6) is 0 Å². The topological polar surface area (TPSA) is 58.2 Å². The van der Waals surface area contributed by atoms with Crippen molar-refractivity contribution < 1.29 is 9.59 Å². The molecule has 0 fully saturated rings. The highest BCUT2D eigenvalue weighted by Gasteiger charge is 2.09. The molecule has 2 aliphatic rings. The molecule has 4 heteroatoms. The van der Waals surface area contributed by atoms with E-state index in [1.165, 1.54) is 0 Å². The largest absolute Gasteiger partial charge is 0.352 e. The van der Waals surface area contributed by atoms with Crippen LogP contribution in [-0.2, 0) is 9.59 Å². The SMILES string of the molecule is O=C(NCCCCCCNC(=O)C1=CC=CC1)C1=CC=CC1. The van der Waals surface area contributed by atoms with E-state index in [1.807, 2.05) is 36.5 Å². The Bertz CT molecular complexity index is 479. The van der Waals surface area contributed by atoms with E-state index in [1.54, 1.807) is 0 Å². The number of carbonyl (C=O) groups excluding carboxylic acids is 2. The molecule has 0 aromatic carbocycles. The van der Waals surface area contributed by atoms with Gasteiger partial charge in [0.1, 0.15) is 0 Å². The fourth-order valence-corrected chi connectivity index (χ4v) is 2.47. The smallest absolute Gasteiger partial charge is 0.247 e. The third-order valence-electron chi connectivity index (χ3n) is 3.80. The lowest BCUT2D eigenvalue weighted by atomic mass is 10.1. The molecular weight excluding hydrogens is 276 g/mol. The quantitative estimate of drug-likeness (QED) is 0.643. The Kier molecular flexibility index (Phi) is 6.68. The van der Waals surface area contributed by atoms with Crippen molar-refractivity contribution in [2.24, 2.45) is 0 Å².